The molecule has 0 amide bonds. The predicted octanol–water partition coefficient (Wildman–Crippen LogP) is 6.90. The molecule has 0 N–H and O–H groups in total. The maximum Gasteiger partial charge on any atom is 0.141 e. The van der Waals surface area contributed by atoms with Crippen LogP contribution >= 0.6 is 0 Å². The van der Waals surface area contributed by atoms with E-state index in [0.29, 0.717) is 0 Å². The van der Waals surface area contributed by atoms with Crippen LogP contribution in [0, 0.1) is 29.0 Å². The van der Waals surface area contributed by atoms with Crippen molar-refractivity contribution < 1.29 is 4.39 Å². The summed E-state index contributed by atoms with van der Waals surface area (Å²) in [5, 5.41) is 8.83. The zero-order valence-corrected chi connectivity index (χ0v) is 15.7. The lowest BCUT2D eigenvalue weighted by atomic mass is 9.78. The molecule has 0 aliphatic heterocycles. The monoisotopic (exact) mass is 349 g/mol. The van der Waals surface area contributed by atoms with Gasteiger partial charge in [0, 0.05) is 0 Å². The first kappa shape index (κ1) is 18.6. The zero-order chi connectivity index (χ0) is 18.4. The summed E-state index contributed by atoms with van der Waals surface area (Å²) >= 11 is 0. The van der Waals surface area contributed by atoms with Crippen LogP contribution in [0.3, 0.4) is 0 Å². The highest BCUT2D eigenvalue weighted by molar-refractivity contribution is 5.64. The first-order chi connectivity index (χ1) is 12.7. The minimum Gasteiger partial charge on any atom is -0.206 e. The highest BCUT2D eigenvalue weighted by Crippen LogP contribution is 2.34. The maximum absolute atomic E-state index is 13.8. The van der Waals surface area contributed by atoms with Gasteiger partial charge in [-0.05, 0) is 53.5 Å². The third-order valence-electron chi connectivity index (χ3n) is 5.88. The van der Waals surface area contributed by atoms with E-state index < -0.39 is 5.82 Å². The molecule has 2 aromatic carbocycles. The standard InChI is InChI=1S/C24H28FN/c1-2-3-18-4-6-19(7-5-18)8-9-20-10-12-21(13-11-20)22-14-15-23(17-26)24(25)16-22/h10-16,18-19H,2-9H2,1H3/t18-,19-. The van der Waals surface area contributed by atoms with Crippen molar-refractivity contribution in [2.45, 2.75) is 58.3 Å². The van der Waals surface area contributed by atoms with E-state index in [9.17, 15) is 4.39 Å². The van der Waals surface area contributed by atoms with Gasteiger partial charge in [0.15, 0.2) is 0 Å². The van der Waals surface area contributed by atoms with Crippen molar-refractivity contribution in [3.63, 3.8) is 0 Å². The number of halogens is 1. The predicted molar refractivity (Wildman–Crippen MR) is 105 cm³/mol. The minimum atomic E-state index is -0.451. The lowest BCUT2D eigenvalue weighted by Gasteiger charge is -2.28. The van der Waals surface area contributed by atoms with Gasteiger partial charge in [-0.3, -0.25) is 0 Å². The molecule has 0 bridgehead atoms. The molecule has 0 atom stereocenters. The number of nitriles is 1. The third-order valence-corrected chi connectivity index (χ3v) is 5.88. The Morgan fingerprint density at radius 1 is 0.923 bits per heavy atom. The van der Waals surface area contributed by atoms with Crippen molar-refractivity contribution in [1.82, 2.24) is 0 Å². The molecule has 0 saturated heterocycles. The van der Waals surface area contributed by atoms with E-state index in [0.717, 1.165) is 29.4 Å². The Hall–Kier alpha value is -2.14. The summed E-state index contributed by atoms with van der Waals surface area (Å²) in [6.07, 6.45) is 10.8. The average molecular weight is 349 g/mol. The van der Waals surface area contributed by atoms with Crippen molar-refractivity contribution in [2.75, 3.05) is 0 Å². The Labute approximate surface area is 156 Å². The second kappa shape index (κ2) is 8.99. The number of benzene rings is 2. The van der Waals surface area contributed by atoms with Gasteiger partial charge in [0.05, 0.1) is 5.56 Å². The topological polar surface area (TPSA) is 23.8 Å². The van der Waals surface area contributed by atoms with Gasteiger partial charge in [0.1, 0.15) is 11.9 Å². The fourth-order valence-electron chi connectivity index (χ4n) is 4.24. The quantitative estimate of drug-likeness (QED) is 0.556. The van der Waals surface area contributed by atoms with E-state index >= 15 is 0 Å². The molecular formula is C24H28FN. The van der Waals surface area contributed by atoms with Crippen LogP contribution in [0.15, 0.2) is 42.5 Å². The van der Waals surface area contributed by atoms with Crippen molar-refractivity contribution in [3.8, 4) is 17.2 Å². The van der Waals surface area contributed by atoms with E-state index in [2.05, 4.69) is 31.2 Å². The van der Waals surface area contributed by atoms with Crippen LogP contribution in [-0.4, -0.2) is 0 Å². The van der Waals surface area contributed by atoms with Crippen molar-refractivity contribution in [3.05, 3.63) is 59.4 Å². The molecule has 1 nitrogen and oxygen atoms in total. The molecule has 0 unspecified atom stereocenters. The first-order valence-electron chi connectivity index (χ1n) is 9.98. The van der Waals surface area contributed by atoms with Gasteiger partial charge < -0.3 is 0 Å². The molecular weight excluding hydrogens is 321 g/mol. The maximum atomic E-state index is 13.8. The smallest absolute Gasteiger partial charge is 0.141 e. The van der Waals surface area contributed by atoms with E-state index in [1.807, 2.05) is 12.1 Å². The van der Waals surface area contributed by atoms with Crippen molar-refractivity contribution in [2.24, 2.45) is 11.8 Å². The van der Waals surface area contributed by atoms with Gasteiger partial charge in [-0.25, -0.2) is 4.39 Å². The third kappa shape index (κ3) is 4.73. The van der Waals surface area contributed by atoms with Crippen LogP contribution in [0.2, 0.25) is 0 Å². The molecule has 2 heteroatoms. The van der Waals surface area contributed by atoms with Gasteiger partial charge in [-0.15, -0.1) is 0 Å². The highest BCUT2D eigenvalue weighted by Gasteiger charge is 2.20. The average Bonchev–Trinajstić information content (AvgIpc) is 2.68. The van der Waals surface area contributed by atoms with Crippen LogP contribution in [0.1, 0.15) is 63.0 Å². The molecule has 0 radical (unpaired) electrons. The highest BCUT2D eigenvalue weighted by atomic mass is 19.1. The van der Waals surface area contributed by atoms with Gasteiger partial charge in [-0.2, -0.15) is 5.26 Å². The second-order valence-electron chi connectivity index (χ2n) is 7.72. The summed E-state index contributed by atoms with van der Waals surface area (Å²) in [6.45, 7) is 2.29. The lowest BCUT2D eigenvalue weighted by Crippen LogP contribution is -2.15. The molecule has 0 heterocycles. The summed E-state index contributed by atoms with van der Waals surface area (Å²) in [6, 6.07) is 15.1. The number of rotatable bonds is 6. The molecule has 0 aromatic heterocycles. The van der Waals surface area contributed by atoms with Crippen molar-refractivity contribution in [1.29, 1.82) is 5.26 Å². The van der Waals surface area contributed by atoms with Gasteiger partial charge in [-0.1, -0.05) is 75.8 Å². The second-order valence-corrected chi connectivity index (χ2v) is 7.72. The van der Waals surface area contributed by atoms with Gasteiger partial charge in [0.2, 0.25) is 0 Å². The lowest BCUT2D eigenvalue weighted by molar-refractivity contribution is 0.252. The zero-order valence-electron chi connectivity index (χ0n) is 15.7. The Morgan fingerprint density at radius 2 is 1.54 bits per heavy atom. The normalized spacial score (nSPS) is 19.9. The molecule has 3 rings (SSSR count). The van der Waals surface area contributed by atoms with E-state index in [1.54, 1.807) is 6.07 Å². The summed E-state index contributed by atoms with van der Waals surface area (Å²) in [4.78, 5) is 0. The number of hydrogen-bond donors (Lipinski definition) is 0. The molecule has 1 aliphatic rings. The summed E-state index contributed by atoms with van der Waals surface area (Å²) in [5.74, 6) is 1.41. The molecule has 1 aliphatic carbocycles. The molecule has 26 heavy (non-hydrogen) atoms. The molecule has 1 fully saturated rings. The number of hydrogen-bond acceptors (Lipinski definition) is 1. The van der Waals surface area contributed by atoms with E-state index in [-0.39, 0.29) is 5.56 Å². The van der Waals surface area contributed by atoms with Gasteiger partial charge >= 0.3 is 0 Å². The SMILES string of the molecule is CCC[C@H]1CC[C@H](CCc2ccc(-c3ccc(C#N)c(F)c3)cc2)CC1. The van der Waals surface area contributed by atoms with Gasteiger partial charge in [0.25, 0.3) is 0 Å². The van der Waals surface area contributed by atoms with Crippen LogP contribution in [-0.2, 0) is 6.42 Å². The van der Waals surface area contributed by atoms with E-state index in [1.165, 1.54) is 56.6 Å². The Bertz CT molecular complexity index is 749. The largest absolute Gasteiger partial charge is 0.206 e. The Balaban J connectivity index is 1.54. The van der Waals surface area contributed by atoms with Crippen LogP contribution < -0.4 is 0 Å². The first-order valence-corrected chi connectivity index (χ1v) is 9.98. The molecule has 1 saturated carbocycles. The summed E-state index contributed by atoms with van der Waals surface area (Å²) < 4.78 is 13.8. The molecule has 136 valence electrons. The van der Waals surface area contributed by atoms with Crippen LogP contribution in [0.5, 0.6) is 0 Å². The fourth-order valence-corrected chi connectivity index (χ4v) is 4.24. The summed E-state index contributed by atoms with van der Waals surface area (Å²) in [7, 11) is 0. The summed E-state index contributed by atoms with van der Waals surface area (Å²) in [5.41, 5.74) is 3.28. The van der Waals surface area contributed by atoms with Crippen molar-refractivity contribution >= 4 is 0 Å². The minimum absolute atomic E-state index is 0.0963. The molecule has 2 aromatic rings. The molecule has 0 spiro atoms. The fraction of sp³-hybridized carbons (Fsp3) is 0.458. The number of aryl methyl sites for hydroxylation is 1. The Kier molecular flexibility index (Phi) is 6.45. The Morgan fingerprint density at radius 3 is 2.12 bits per heavy atom. The van der Waals surface area contributed by atoms with E-state index in [4.69, 9.17) is 5.26 Å². The number of nitrogens with zero attached hydrogens (tertiary/aromatic N) is 1. The van der Waals surface area contributed by atoms with Crippen LogP contribution in [0.25, 0.3) is 11.1 Å². The van der Waals surface area contributed by atoms with Crippen LogP contribution in [0.4, 0.5) is 4.39 Å².